The number of rotatable bonds is 3. The van der Waals surface area contributed by atoms with Gasteiger partial charge in [-0.1, -0.05) is 13.8 Å². The Morgan fingerprint density at radius 2 is 2.00 bits per heavy atom. The van der Waals surface area contributed by atoms with Gasteiger partial charge in [-0.3, -0.25) is 4.39 Å². The summed E-state index contributed by atoms with van der Waals surface area (Å²) in [7, 11) is 2.15. The van der Waals surface area contributed by atoms with Crippen LogP contribution in [-0.4, -0.2) is 31.7 Å². The normalized spacial score (nSPS) is 29.1. The van der Waals surface area contributed by atoms with Gasteiger partial charge in [-0.25, -0.2) is 0 Å². The molecule has 1 rings (SSSR count). The molecule has 0 unspecified atom stereocenters. The number of piperidine rings is 1. The van der Waals surface area contributed by atoms with Crippen LogP contribution in [0.1, 0.15) is 33.1 Å². The number of hydrogen-bond acceptors (Lipinski definition) is 1. The standard InChI is InChI=1S/C11H22FN/c1-4-11(5-2)9-13(3)7-6-10(11)8-12/h10H,4-9H2,1-3H3/t10-/m1/s1. The number of hydrogen-bond donors (Lipinski definition) is 0. The van der Waals surface area contributed by atoms with Crippen molar-refractivity contribution in [2.45, 2.75) is 33.1 Å². The Bertz CT molecular complexity index is 154. The molecule has 0 bridgehead atoms. The minimum absolute atomic E-state index is 0.129. The third-order valence-corrected chi connectivity index (χ3v) is 3.90. The van der Waals surface area contributed by atoms with Crippen molar-refractivity contribution >= 4 is 0 Å². The van der Waals surface area contributed by atoms with Gasteiger partial charge in [0.25, 0.3) is 0 Å². The Balaban J connectivity index is 2.73. The van der Waals surface area contributed by atoms with Crippen LogP contribution in [0.4, 0.5) is 4.39 Å². The van der Waals surface area contributed by atoms with Crippen molar-refractivity contribution in [3.63, 3.8) is 0 Å². The SMILES string of the molecule is CCC1(CC)CN(C)CC[C@@H]1CF. The van der Waals surface area contributed by atoms with Gasteiger partial charge in [0.1, 0.15) is 0 Å². The van der Waals surface area contributed by atoms with Gasteiger partial charge in [0.2, 0.25) is 0 Å². The van der Waals surface area contributed by atoms with E-state index in [0.29, 0.717) is 5.92 Å². The van der Waals surface area contributed by atoms with Crippen molar-refractivity contribution in [3.05, 3.63) is 0 Å². The largest absolute Gasteiger partial charge is 0.306 e. The van der Waals surface area contributed by atoms with Crippen molar-refractivity contribution in [1.29, 1.82) is 0 Å². The first-order valence-corrected chi connectivity index (χ1v) is 5.43. The maximum Gasteiger partial charge on any atom is 0.0928 e. The van der Waals surface area contributed by atoms with E-state index in [1.807, 2.05) is 0 Å². The second-order valence-corrected chi connectivity index (χ2v) is 4.45. The highest BCUT2D eigenvalue weighted by Crippen LogP contribution is 2.41. The molecule has 78 valence electrons. The van der Waals surface area contributed by atoms with Crippen molar-refractivity contribution in [1.82, 2.24) is 4.90 Å². The van der Waals surface area contributed by atoms with E-state index in [4.69, 9.17) is 0 Å². The highest BCUT2D eigenvalue weighted by Gasteiger charge is 2.39. The molecule has 1 saturated heterocycles. The fraction of sp³-hybridized carbons (Fsp3) is 1.00. The molecule has 0 N–H and O–H groups in total. The second-order valence-electron chi connectivity index (χ2n) is 4.45. The smallest absolute Gasteiger partial charge is 0.0928 e. The maximum absolute atomic E-state index is 12.9. The summed E-state index contributed by atoms with van der Waals surface area (Å²) in [6.45, 7) is 6.41. The lowest BCUT2D eigenvalue weighted by molar-refractivity contribution is 0.0186. The lowest BCUT2D eigenvalue weighted by atomic mass is 9.68. The van der Waals surface area contributed by atoms with Crippen molar-refractivity contribution in [2.24, 2.45) is 11.3 Å². The highest BCUT2D eigenvalue weighted by molar-refractivity contribution is 4.90. The average molecular weight is 187 g/mol. The minimum atomic E-state index is -0.129. The summed E-state index contributed by atoms with van der Waals surface area (Å²) >= 11 is 0. The van der Waals surface area contributed by atoms with E-state index >= 15 is 0 Å². The highest BCUT2D eigenvalue weighted by atomic mass is 19.1. The van der Waals surface area contributed by atoms with Gasteiger partial charge in [-0.2, -0.15) is 0 Å². The van der Waals surface area contributed by atoms with Crippen LogP contribution in [0.25, 0.3) is 0 Å². The fourth-order valence-electron chi connectivity index (χ4n) is 2.72. The molecule has 1 atom stereocenters. The zero-order valence-electron chi connectivity index (χ0n) is 9.15. The van der Waals surface area contributed by atoms with Gasteiger partial charge in [0, 0.05) is 6.54 Å². The first kappa shape index (κ1) is 11.0. The Hall–Kier alpha value is -0.110. The molecule has 0 radical (unpaired) electrons. The molecule has 13 heavy (non-hydrogen) atoms. The van der Waals surface area contributed by atoms with E-state index in [1.165, 1.54) is 0 Å². The molecule has 0 saturated carbocycles. The first-order chi connectivity index (χ1) is 6.18. The quantitative estimate of drug-likeness (QED) is 0.656. The Morgan fingerprint density at radius 3 is 2.46 bits per heavy atom. The topological polar surface area (TPSA) is 3.24 Å². The Morgan fingerprint density at radius 1 is 1.38 bits per heavy atom. The van der Waals surface area contributed by atoms with E-state index in [-0.39, 0.29) is 12.1 Å². The van der Waals surface area contributed by atoms with Crippen LogP contribution in [0.5, 0.6) is 0 Å². The van der Waals surface area contributed by atoms with Gasteiger partial charge in [-0.15, -0.1) is 0 Å². The van der Waals surface area contributed by atoms with E-state index in [0.717, 1.165) is 32.4 Å². The van der Waals surface area contributed by atoms with Crippen LogP contribution in [-0.2, 0) is 0 Å². The summed E-state index contributed by atoms with van der Waals surface area (Å²) in [5.41, 5.74) is 0.252. The summed E-state index contributed by atoms with van der Waals surface area (Å²) in [5, 5.41) is 0. The van der Waals surface area contributed by atoms with Crippen molar-refractivity contribution < 1.29 is 4.39 Å². The third-order valence-electron chi connectivity index (χ3n) is 3.90. The Kier molecular flexibility index (Phi) is 3.72. The molecule has 1 nitrogen and oxygen atoms in total. The van der Waals surface area contributed by atoms with E-state index in [2.05, 4.69) is 25.8 Å². The van der Waals surface area contributed by atoms with Gasteiger partial charge in [0.05, 0.1) is 6.67 Å². The van der Waals surface area contributed by atoms with Crippen LogP contribution < -0.4 is 0 Å². The number of halogens is 1. The average Bonchev–Trinajstić information content (AvgIpc) is 2.17. The summed E-state index contributed by atoms with van der Waals surface area (Å²) in [5.74, 6) is 0.304. The molecule has 0 aromatic heterocycles. The predicted molar refractivity (Wildman–Crippen MR) is 54.6 cm³/mol. The van der Waals surface area contributed by atoms with E-state index < -0.39 is 0 Å². The molecule has 0 aromatic rings. The van der Waals surface area contributed by atoms with Crippen molar-refractivity contribution in [3.8, 4) is 0 Å². The molecule has 2 heteroatoms. The van der Waals surface area contributed by atoms with Crippen LogP contribution >= 0.6 is 0 Å². The zero-order chi connectivity index (χ0) is 9.90. The summed E-state index contributed by atoms with van der Waals surface area (Å²) in [6.07, 6.45) is 3.26. The summed E-state index contributed by atoms with van der Waals surface area (Å²) in [4.78, 5) is 2.35. The minimum Gasteiger partial charge on any atom is -0.306 e. The Labute approximate surface area is 81.3 Å². The molecule has 1 aliphatic rings. The van der Waals surface area contributed by atoms with Gasteiger partial charge in [0.15, 0.2) is 0 Å². The lowest BCUT2D eigenvalue weighted by Gasteiger charge is -2.46. The van der Waals surface area contributed by atoms with Gasteiger partial charge in [-0.05, 0) is 44.2 Å². The molecule has 0 amide bonds. The predicted octanol–water partition coefficient (Wildman–Crippen LogP) is 2.71. The number of nitrogens with zero attached hydrogens (tertiary/aromatic N) is 1. The molecule has 1 aliphatic heterocycles. The molecule has 0 aliphatic carbocycles. The van der Waals surface area contributed by atoms with Crippen LogP contribution in [0.2, 0.25) is 0 Å². The molecular formula is C11H22FN. The summed E-state index contributed by atoms with van der Waals surface area (Å²) in [6, 6.07) is 0. The third kappa shape index (κ3) is 2.04. The summed E-state index contributed by atoms with van der Waals surface area (Å²) < 4.78 is 12.9. The second kappa shape index (κ2) is 4.41. The molecule has 1 fully saturated rings. The van der Waals surface area contributed by atoms with Crippen LogP contribution in [0, 0.1) is 11.3 Å². The van der Waals surface area contributed by atoms with E-state index in [9.17, 15) is 4.39 Å². The lowest BCUT2D eigenvalue weighted by Crippen LogP contribution is -2.47. The van der Waals surface area contributed by atoms with Crippen LogP contribution in [0.15, 0.2) is 0 Å². The van der Waals surface area contributed by atoms with Gasteiger partial charge >= 0.3 is 0 Å². The van der Waals surface area contributed by atoms with Crippen LogP contribution in [0.3, 0.4) is 0 Å². The van der Waals surface area contributed by atoms with Crippen molar-refractivity contribution in [2.75, 3.05) is 26.8 Å². The zero-order valence-corrected chi connectivity index (χ0v) is 9.15. The molecule has 0 aromatic carbocycles. The van der Waals surface area contributed by atoms with E-state index in [1.54, 1.807) is 0 Å². The fourth-order valence-corrected chi connectivity index (χ4v) is 2.72. The number of likely N-dealkylation sites (tertiary alicyclic amines) is 1. The molecular weight excluding hydrogens is 165 g/mol. The first-order valence-electron chi connectivity index (χ1n) is 5.43. The molecule has 0 spiro atoms. The monoisotopic (exact) mass is 187 g/mol. The maximum atomic E-state index is 12.9. The van der Waals surface area contributed by atoms with Gasteiger partial charge < -0.3 is 4.90 Å². The molecule has 1 heterocycles. The number of alkyl halides is 1.